The van der Waals surface area contributed by atoms with E-state index in [0.717, 1.165) is 12.8 Å². The molecule has 0 bridgehead atoms. The van der Waals surface area contributed by atoms with Gasteiger partial charge in [0.15, 0.2) is 0 Å². The summed E-state index contributed by atoms with van der Waals surface area (Å²) >= 11 is 5.98. The van der Waals surface area contributed by atoms with E-state index in [9.17, 15) is 14.9 Å². The van der Waals surface area contributed by atoms with Crippen molar-refractivity contribution in [2.45, 2.75) is 26.7 Å². The molecule has 1 rings (SSSR count). The van der Waals surface area contributed by atoms with Gasteiger partial charge in [0, 0.05) is 23.9 Å². The summed E-state index contributed by atoms with van der Waals surface area (Å²) in [5.41, 5.74) is -0.275. The van der Waals surface area contributed by atoms with Crippen molar-refractivity contribution in [3.05, 3.63) is 39.9 Å². The number of rotatable bonds is 7. The number of nitro benzene ring substituents is 1. The van der Waals surface area contributed by atoms with E-state index in [-0.39, 0.29) is 16.7 Å². The molecule has 110 valence electrons. The molecule has 0 aromatic heterocycles. The highest BCUT2D eigenvalue weighted by molar-refractivity contribution is 6.18. The highest BCUT2D eigenvalue weighted by Gasteiger charge is 2.27. The first kappa shape index (κ1) is 16.4. The molecule has 0 unspecified atom stereocenters. The second-order valence-corrected chi connectivity index (χ2v) is 5.06. The molecule has 0 saturated heterocycles. The van der Waals surface area contributed by atoms with Gasteiger partial charge < -0.3 is 5.32 Å². The second-order valence-electron chi connectivity index (χ2n) is 4.80. The van der Waals surface area contributed by atoms with Gasteiger partial charge in [-0.15, -0.1) is 11.6 Å². The highest BCUT2D eigenvalue weighted by Crippen LogP contribution is 2.27. The van der Waals surface area contributed by atoms with Crippen molar-refractivity contribution in [3.8, 4) is 0 Å². The molecule has 0 spiro atoms. The fraction of sp³-hybridized carbons (Fsp3) is 0.500. The Balaban J connectivity index is 2.85. The second kappa shape index (κ2) is 7.24. The summed E-state index contributed by atoms with van der Waals surface area (Å²) in [4.78, 5) is 22.5. The molecular weight excluding hydrogens is 280 g/mol. The van der Waals surface area contributed by atoms with E-state index in [1.807, 2.05) is 13.8 Å². The van der Waals surface area contributed by atoms with Crippen LogP contribution in [0.15, 0.2) is 24.3 Å². The molecule has 1 aromatic carbocycles. The van der Waals surface area contributed by atoms with Crippen molar-refractivity contribution in [2.24, 2.45) is 5.41 Å². The quantitative estimate of drug-likeness (QED) is 0.476. The smallest absolute Gasteiger partial charge is 0.282 e. The van der Waals surface area contributed by atoms with Gasteiger partial charge in [-0.3, -0.25) is 14.9 Å². The lowest BCUT2D eigenvalue weighted by molar-refractivity contribution is -0.385. The van der Waals surface area contributed by atoms with E-state index in [1.165, 1.54) is 18.2 Å². The van der Waals surface area contributed by atoms with Crippen LogP contribution in [0.1, 0.15) is 37.0 Å². The molecule has 0 atom stereocenters. The molecule has 1 aromatic rings. The van der Waals surface area contributed by atoms with Gasteiger partial charge in [-0.05, 0) is 18.9 Å². The number of hydrogen-bond donors (Lipinski definition) is 1. The molecule has 5 nitrogen and oxygen atoms in total. The summed E-state index contributed by atoms with van der Waals surface area (Å²) in [5.74, 6) is 0.00523. The third-order valence-electron chi connectivity index (χ3n) is 3.75. The Morgan fingerprint density at radius 3 is 2.45 bits per heavy atom. The Kier molecular flexibility index (Phi) is 5.95. The molecule has 20 heavy (non-hydrogen) atoms. The minimum absolute atomic E-state index is 0.0770. The molecule has 1 amide bonds. The van der Waals surface area contributed by atoms with Crippen molar-refractivity contribution < 1.29 is 9.72 Å². The van der Waals surface area contributed by atoms with Gasteiger partial charge in [0.25, 0.3) is 11.6 Å². The Morgan fingerprint density at radius 2 is 1.95 bits per heavy atom. The number of carbonyl (C=O) groups is 1. The molecule has 0 radical (unpaired) electrons. The van der Waals surface area contributed by atoms with Crippen LogP contribution in [0.4, 0.5) is 5.69 Å². The summed E-state index contributed by atoms with van der Waals surface area (Å²) in [6.45, 7) is 4.44. The topological polar surface area (TPSA) is 72.2 Å². The van der Waals surface area contributed by atoms with Gasteiger partial charge >= 0.3 is 0 Å². The predicted molar refractivity (Wildman–Crippen MR) is 79.2 cm³/mol. The number of alkyl halides is 1. The van der Waals surface area contributed by atoms with Crippen LogP contribution in [0.5, 0.6) is 0 Å². The summed E-state index contributed by atoms with van der Waals surface area (Å²) in [6.07, 6.45) is 1.67. The highest BCUT2D eigenvalue weighted by atomic mass is 35.5. The molecule has 0 aliphatic rings. The number of nitrogens with zero attached hydrogens (tertiary/aromatic N) is 1. The van der Waals surface area contributed by atoms with Crippen molar-refractivity contribution in [3.63, 3.8) is 0 Å². The molecule has 6 heteroatoms. The third-order valence-corrected chi connectivity index (χ3v) is 4.32. The number of hydrogen-bond acceptors (Lipinski definition) is 3. The lowest BCUT2D eigenvalue weighted by Crippen LogP contribution is -2.38. The summed E-state index contributed by atoms with van der Waals surface area (Å²) < 4.78 is 0. The van der Waals surface area contributed by atoms with Crippen LogP contribution in [0.25, 0.3) is 0 Å². The predicted octanol–water partition coefficient (Wildman–Crippen LogP) is 3.37. The van der Waals surface area contributed by atoms with Crippen LogP contribution in [0, 0.1) is 15.5 Å². The van der Waals surface area contributed by atoms with Crippen LogP contribution in [0.3, 0.4) is 0 Å². The lowest BCUT2D eigenvalue weighted by Gasteiger charge is -2.29. The standard InChI is InChI=1S/C14H19ClN2O3/c1-3-14(4-2,9-15)10-16-13(18)11-7-5-6-8-12(11)17(19)20/h5-8H,3-4,9-10H2,1-2H3,(H,16,18). The first-order valence-corrected chi connectivity index (χ1v) is 7.10. The number of benzene rings is 1. The largest absolute Gasteiger partial charge is 0.351 e. The van der Waals surface area contributed by atoms with Crippen LogP contribution < -0.4 is 5.32 Å². The van der Waals surface area contributed by atoms with Crippen LogP contribution in [-0.4, -0.2) is 23.3 Å². The molecule has 1 N–H and O–H groups in total. The van der Waals surface area contributed by atoms with Gasteiger partial charge in [-0.2, -0.15) is 0 Å². The molecule has 0 fully saturated rings. The molecule has 0 heterocycles. The van der Waals surface area contributed by atoms with Gasteiger partial charge in [-0.25, -0.2) is 0 Å². The summed E-state index contributed by atoms with van der Waals surface area (Å²) in [6, 6.07) is 5.92. The maximum absolute atomic E-state index is 12.1. The van der Waals surface area contributed by atoms with Crippen LogP contribution in [-0.2, 0) is 0 Å². The fourth-order valence-corrected chi connectivity index (χ4v) is 2.40. The lowest BCUT2D eigenvalue weighted by atomic mass is 9.84. The minimum Gasteiger partial charge on any atom is -0.351 e. The van der Waals surface area contributed by atoms with E-state index in [0.29, 0.717) is 12.4 Å². The zero-order valence-electron chi connectivity index (χ0n) is 11.7. The summed E-state index contributed by atoms with van der Waals surface area (Å²) in [5, 5.41) is 13.7. The zero-order chi connectivity index (χ0) is 15.2. The number of halogens is 1. The molecular formula is C14H19ClN2O3. The maximum atomic E-state index is 12.1. The third kappa shape index (κ3) is 3.70. The van der Waals surface area contributed by atoms with Crippen molar-refractivity contribution >= 4 is 23.2 Å². The molecule has 0 aliphatic carbocycles. The van der Waals surface area contributed by atoms with Gasteiger partial charge in [0.1, 0.15) is 5.56 Å². The molecule has 0 saturated carbocycles. The van der Waals surface area contributed by atoms with E-state index in [2.05, 4.69) is 5.32 Å². The Bertz CT molecular complexity index is 479. The Hall–Kier alpha value is -1.62. The molecule has 0 aliphatic heterocycles. The number of amides is 1. The first-order valence-electron chi connectivity index (χ1n) is 6.57. The number of para-hydroxylation sites is 1. The number of nitro groups is 1. The van der Waals surface area contributed by atoms with Crippen LogP contribution >= 0.6 is 11.6 Å². The van der Waals surface area contributed by atoms with E-state index in [4.69, 9.17) is 11.6 Å². The maximum Gasteiger partial charge on any atom is 0.282 e. The normalized spacial score (nSPS) is 11.2. The summed E-state index contributed by atoms with van der Waals surface area (Å²) in [7, 11) is 0. The van der Waals surface area contributed by atoms with Crippen molar-refractivity contribution in [1.82, 2.24) is 5.32 Å². The van der Waals surface area contributed by atoms with E-state index >= 15 is 0 Å². The number of nitrogens with one attached hydrogen (secondary N) is 1. The van der Waals surface area contributed by atoms with Gasteiger partial charge in [-0.1, -0.05) is 26.0 Å². The Morgan fingerprint density at radius 1 is 1.35 bits per heavy atom. The van der Waals surface area contributed by atoms with Gasteiger partial charge in [0.05, 0.1) is 4.92 Å². The minimum atomic E-state index is -0.552. The monoisotopic (exact) mass is 298 g/mol. The fourth-order valence-electron chi connectivity index (χ4n) is 1.92. The van der Waals surface area contributed by atoms with Gasteiger partial charge in [0.2, 0.25) is 0 Å². The average Bonchev–Trinajstić information content (AvgIpc) is 2.49. The Labute approximate surface area is 123 Å². The SMILES string of the molecule is CCC(CC)(CCl)CNC(=O)c1ccccc1[N+](=O)[O-]. The van der Waals surface area contributed by atoms with Crippen LogP contribution in [0.2, 0.25) is 0 Å². The van der Waals surface area contributed by atoms with E-state index < -0.39 is 10.8 Å². The average molecular weight is 299 g/mol. The number of carbonyl (C=O) groups excluding carboxylic acids is 1. The van der Waals surface area contributed by atoms with E-state index in [1.54, 1.807) is 6.07 Å². The first-order chi connectivity index (χ1) is 9.49. The zero-order valence-corrected chi connectivity index (χ0v) is 12.4. The van der Waals surface area contributed by atoms with Crippen molar-refractivity contribution in [2.75, 3.05) is 12.4 Å². The van der Waals surface area contributed by atoms with Crippen molar-refractivity contribution in [1.29, 1.82) is 0 Å².